The number of hydrogen-bond donors (Lipinski definition) is 2. The molecule has 25 heavy (non-hydrogen) atoms. The molecule has 130 valence electrons. The van der Waals surface area contributed by atoms with E-state index in [0.717, 1.165) is 48.6 Å². The van der Waals surface area contributed by atoms with Crippen LogP contribution in [0.2, 0.25) is 0 Å². The number of piperidine rings is 1. The largest absolute Gasteiger partial charge is 0.459 e. The fraction of sp³-hybridized carbons (Fsp3) is 0.316. The smallest absolute Gasteiger partial charge is 0.151 e. The van der Waals surface area contributed by atoms with Crippen LogP contribution in [-0.4, -0.2) is 29.3 Å². The van der Waals surface area contributed by atoms with E-state index >= 15 is 0 Å². The van der Waals surface area contributed by atoms with E-state index in [1.54, 1.807) is 12.3 Å². The molecule has 1 aromatic carbocycles. The van der Waals surface area contributed by atoms with Crippen LogP contribution in [0.25, 0.3) is 11.0 Å². The van der Waals surface area contributed by atoms with E-state index in [2.05, 4.69) is 15.2 Å². The van der Waals surface area contributed by atoms with Gasteiger partial charge in [-0.3, -0.25) is 0 Å². The second-order valence-corrected chi connectivity index (χ2v) is 6.34. The molecule has 1 aliphatic heterocycles. The van der Waals surface area contributed by atoms with Crippen LogP contribution in [0.5, 0.6) is 0 Å². The Morgan fingerprint density at radius 2 is 2.08 bits per heavy atom. The Hall–Kier alpha value is -2.60. The number of benzene rings is 1. The molecule has 0 unspecified atom stereocenters. The summed E-state index contributed by atoms with van der Waals surface area (Å²) in [6, 6.07) is 10.2. The first-order chi connectivity index (χ1) is 12.2. The Morgan fingerprint density at radius 1 is 1.24 bits per heavy atom. The molecule has 2 aromatic heterocycles. The van der Waals surface area contributed by atoms with Crippen LogP contribution in [0.3, 0.4) is 0 Å². The molecule has 0 atom stereocenters. The van der Waals surface area contributed by atoms with Gasteiger partial charge in [0.1, 0.15) is 17.2 Å². The summed E-state index contributed by atoms with van der Waals surface area (Å²) in [5.41, 5.74) is 1.60. The number of fused-ring (bicyclic) bond motifs is 1. The van der Waals surface area contributed by atoms with Gasteiger partial charge >= 0.3 is 0 Å². The lowest BCUT2D eigenvalue weighted by Crippen LogP contribution is -2.36. The summed E-state index contributed by atoms with van der Waals surface area (Å²) >= 11 is 0. The zero-order valence-electron chi connectivity index (χ0n) is 13.8. The van der Waals surface area contributed by atoms with Crippen LogP contribution < -0.4 is 10.2 Å². The third-order valence-electron chi connectivity index (χ3n) is 4.53. The molecular weight excluding hydrogens is 321 g/mol. The van der Waals surface area contributed by atoms with Gasteiger partial charge in [0.25, 0.3) is 0 Å². The van der Waals surface area contributed by atoms with Gasteiger partial charge in [0.05, 0.1) is 18.3 Å². The van der Waals surface area contributed by atoms with Crippen molar-refractivity contribution in [2.24, 2.45) is 0 Å². The summed E-state index contributed by atoms with van der Waals surface area (Å²) in [7, 11) is 0. The van der Waals surface area contributed by atoms with Crippen molar-refractivity contribution in [3.05, 3.63) is 54.2 Å². The average Bonchev–Trinajstić information content (AvgIpc) is 3.03. The van der Waals surface area contributed by atoms with Crippen LogP contribution in [0, 0.1) is 5.82 Å². The van der Waals surface area contributed by atoms with E-state index in [0.29, 0.717) is 12.1 Å². The maximum Gasteiger partial charge on any atom is 0.151 e. The lowest BCUT2D eigenvalue weighted by atomic mass is 10.1. The first-order valence-electron chi connectivity index (χ1n) is 8.49. The molecule has 0 spiro atoms. The number of aromatic nitrogens is 1. The van der Waals surface area contributed by atoms with Gasteiger partial charge in [0.15, 0.2) is 5.82 Å². The third-order valence-corrected chi connectivity index (χ3v) is 4.53. The average molecular weight is 341 g/mol. The number of nitrogens with zero attached hydrogens (tertiary/aromatic N) is 2. The van der Waals surface area contributed by atoms with Gasteiger partial charge in [0.2, 0.25) is 0 Å². The number of rotatable bonds is 4. The number of furan rings is 1. The molecule has 5 nitrogen and oxygen atoms in total. The van der Waals surface area contributed by atoms with Crippen molar-refractivity contribution < 1.29 is 13.9 Å². The van der Waals surface area contributed by atoms with Crippen molar-refractivity contribution in [1.82, 2.24) is 4.98 Å². The van der Waals surface area contributed by atoms with Crippen LogP contribution in [0.4, 0.5) is 15.9 Å². The van der Waals surface area contributed by atoms with Gasteiger partial charge in [0, 0.05) is 24.7 Å². The highest BCUT2D eigenvalue weighted by Crippen LogP contribution is 2.27. The Bertz CT molecular complexity index is 872. The van der Waals surface area contributed by atoms with Crippen molar-refractivity contribution in [2.45, 2.75) is 25.5 Å². The molecule has 3 heterocycles. The van der Waals surface area contributed by atoms with Gasteiger partial charge in [-0.1, -0.05) is 0 Å². The van der Waals surface area contributed by atoms with Crippen molar-refractivity contribution in [2.75, 3.05) is 23.3 Å². The number of aliphatic hydroxyl groups excluding tert-OH is 1. The van der Waals surface area contributed by atoms with Crippen LogP contribution in [-0.2, 0) is 6.54 Å². The Morgan fingerprint density at radius 3 is 2.92 bits per heavy atom. The topological polar surface area (TPSA) is 61.5 Å². The molecule has 0 saturated carbocycles. The number of pyridine rings is 1. The zero-order valence-corrected chi connectivity index (χ0v) is 13.8. The molecule has 0 amide bonds. The lowest BCUT2D eigenvalue weighted by molar-refractivity contribution is 0.145. The number of hydrogen-bond acceptors (Lipinski definition) is 5. The lowest BCUT2D eigenvalue weighted by Gasteiger charge is -2.31. The second kappa shape index (κ2) is 6.72. The van der Waals surface area contributed by atoms with Crippen molar-refractivity contribution in [3.63, 3.8) is 0 Å². The fourth-order valence-electron chi connectivity index (χ4n) is 3.20. The Labute approximate surface area is 145 Å². The summed E-state index contributed by atoms with van der Waals surface area (Å²) in [4.78, 5) is 6.68. The van der Waals surface area contributed by atoms with E-state index in [9.17, 15) is 9.50 Å². The second-order valence-electron chi connectivity index (χ2n) is 6.34. The van der Waals surface area contributed by atoms with E-state index < -0.39 is 0 Å². The van der Waals surface area contributed by atoms with Crippen molar-refractivity contribution in [1.29, 1.82) is 0 Å². The summed E-state index contributed by atoms with van der Waals surface area (Å²) in [6.45, 7) is 2.07. The predicted octanol–water partition coefficient (Wildman–Crippen LogP) is 3.54. The minimum absolute atomic E-state index is 0.215. The highest BCUT2D eigenvalue weighted by molar-refractivity contribution is 5.78. The number of aliphatic hydroxyl groups is 1. The Kier molecular flexibility index (Phi) is 4.28. The summed E-state index contributed by atoms with van der Waals surface area (Å²) < 4.78 is 19.0. The van der Waals surface area contributed by atoms with Crippen molar-refractivity contribution >= 4 is 22.5 Å². The first-order valence-corrected chi connectivity index (χ1v) is 8.49. The van der Waals surface area contributed by atoms with Crippen LogP contribution in [0.1, 0.15) is 18.6 Å². The van der Waals surface area contributed by atoms with Gasteiger partial charge < -0.3 is 19.7 Å². The summed E-state index contributed by atoms with van der Waals surface area (Å²) in [5, 5.41) is 13.8. The maximum atomic E-state index is 13.3. The predicted molar refractivity (Wildman–Crippen MR) is 95.2 cm³/mol. The van der Waals surface area contributed by atoms with Gasteiger partial charge in [-0.15, -0.1) is 0 Å². The molecule has 2 N–H and O–H groups in total. The van der Waals surface area contributed by atoms with Gasteiger partial charge in [-0.05, 0) is 49.2 Å². The minimum Gasteiger partial charge on any atom is -0.459 e. The first kappa shape index (κ1) is 15.9. The third kappa shape index (κ3) is 3.44. The molecule has 6 heteroatoms. The van der Waals surface area contributed by atoms with Crippen LogP contribution >= 0.6 is 0 Å². The van der Waals surface area contributed by atoms with E-state index in [1.165, 1.54) is 12.1 Å². The molecule has 4 rings (SSSR count). The normalized spacial score (nSPS) is 15.7. The van der Waals surface area contributed by atoms with Crippen LogP contribution in [0.15, 0.2) is 47.0 Å². The van der Waals surface area contributed by atoms with E-state index in [4.69, 9.17) is 4.42 Å². The number of nitrogens with one attached hydrogen (secondary N) is 1. The molecular formula is C19H20FN3O2. The molecule has 3 aromatic rings. The highest BCUT2D eigenvalue weighted by Gasteiger charge is 2.20. The molecule has 0 aliphatic carbocycles. The van der Waals surface area contributed by atoms with Crippen molar-refractivity contribution in [3.8, 4) is 0 Å². The molecule has 0 bridgehead atoms. The number of anilines is 2. The monoisotopic (exact) mass is 341 g/mol. The molecule has 1 saturated heterocycles. The minimum atomic E-state index is -0.269. The van der Waals surface area contributed by atoms with E-state index in [-0.39, 0.29) is 11.9 Å². The SMILES string of the molecule is OC1CCN(c2ncccc2NCc2cc3cc(F)ccc3o2)CC1. The molecule has 1 fully saturated rings. The highest BCUT2D eigenvalue weighted by atomic mass is 19.1. The van der Waals surface area contributed by atoms with Gasteiger partial charge in [-0.2, -0.15) is 0 Å². The maximum absolute atomic E-state index is 13.3. The van der Waals surface area contributed by atoms with E-state index in [1.807, 2.05) is 18.2 Å². The molecule has 0 radical (unpaired) electrons. The number of halogens is 1. The van der Waals surface area contributed by atoms with Gasteiger partial charge in [-0.25, -0.2) is 9.37 Å². The summed E-state index contributed by atoms with van der Waals surface area (Å²) in [6.07, 6.45) is 3.07. The standard InChI is InChI=1S/C19H20FN3O2/c20-14-3-4-18-13(10-14)11-16(25-18)12-22-17-2-1-7-21-19(17)23-8-5-15(24)6-9-23/h1-4,7,10-11,15,22,24H,5-6,8-9,12H2. The fourth-order valence-corrected chi connectivity index (χ4v) is 3.20. The Balaban J connectivity index is 1.50. The molecule has 1 aliphatic rings. The quantitative estimate of drug-likeness (QED) is 0.760. The zero-order chi connectivity index (χ0) is 17.2. The summed E-state index contributed by atoms with van der Waals surface area (Å²) in [5.74, 6) is 1.36.